The Labute approximate surface area is 119 Å². The first-order valence-electron chi connectivity index (χ1n) is 6.29. The van der Waals surface area contributed by atoms with E-state index in [0.717, 1.165) is 6.20 Å². The summed E-state index contributed by atoms with van der Waals surface area (Å²) in [5.74, 6) is -0.912. The molecule has 10 nitrogen and oxygen atoms in total. The second-order valence-corrected chi connectivity index (χ2v) is 4.41. The Morgan fingerprint density at radius 2 is 2.29 bits per heavy atom. The summed E-state index contributed by atoms with van der Waals surface area (Å²) in [6.07, 6.45) is 1.06. The topological polar surface area (TPSA) is 130 Å². The van der Waals surface area contributed by atoms with E-state index in [1.165, 1.54) is 4.90 Å². The lowest BCUT2D eigenvalue weighted by molar-refractivity contribution is -0.384. The number of amides is 2. The van der Waals surface area contributed by atoms with Gasteiger partial charge in [-0.25, -0.2) is 4.98 Å². The smallest absolute Gasteiger partial charge is 0.329 e. The van der Waals surface area contributed by atoms with Crippen LogP contribution in [0.15, 0.2) is 6.20 Å². The molecule has 0 radical (unpaired) electrons. The highest BCUT2D eigenvalue weighted by Gasteiger charge is 2.35. The minimum atomic E-state index is -0.745. The third-order valence-corrected chi connectivity index (χ3v) is 2.98. The summed E-state index contributed by atoms with van der Waals surface area (Å²) in [6, 6.07) is -0.745. The van der Waals surface area contributed by atoms with Crippen LogP contribution in [-0.4, -0.2) is 45.8 Å². The van der Waals surface area contributed by atoms with Crippen molar-refractivity contribution in [2.75, 3.05) is 23.3 Å². The number of hydrogen-bond acceptors (Lipinski definition) is 8. The van der Waals surface area contributed by atoms with E-state index in [2.05, 4.69) is 20.6 Å². The minimum Gasteiger partial charge on any atom is -0.354 e. The van der Waals surface area contributed by atoms with Crippen molar-refractivity contribution >= 4 is 29.3 Å². The fourth-order valence-electron chi connectivity index (χ4n) is 1.92. The van der Waals surface area contributed by atoms with Crippen molar-refractivity contribution in [1.29, 1.82) is 0 Å². The van der Waals surface area contributed by atoms with Gasteiger partial charge in [0.25, 0.3) is 0 Å². The molecule has 2 heterocycles. The first kappa shape index (κ1) is 14.6. The molecule has 0 aliphatic carbocycles. The molecule has 2 rings (SSSR count). The number of carbonyl (C=O) groups excluding carboxylic acids is 2. The second kappa shape index (κ2) is 5.69. The van der Waals surface area contributed by atoms with E-state index < -0.39 is 22.8 Å². The molecule has 0 bridgehead atoms. The van der Waals surface area contributed by atoms with Crippen LogP contribution >= 0.6 is 0 Å². The van der Waals surface area contributed by atoms with Crippen LogP contribution in [0, 0.1) is 10.1 Å². The predicted octanol–water partition coefficient (Wildman–Crippen LogP) is -0.332. The van der Waals surface area contributed by atoms with E-state index in [1.807, 2.05) is 6.92 Å². The number of anilines is 2. The first-order valence-corrected chi connectivity index (χ1v) is 6.29. The van der Waals surface area contributed by atoms with E-state index >= 15 is 0 Å². The quantitative estimate of drug-likeness (QED) is 0.438. The molecular weight excluding hydrogens is 280 g/mol. The molecule has 10 heteroatoms. The van der Waals surface area contributed by atoms with Crippen molar-refractivity contribution in [3.05, 3.63) is 16.3 Å². The zero-order valence-corrected chi connectivity index (χ0v) is 11.5. The maximum absolute atomic E-state index is 11.7. The van der Waals surface area contributed by atoms with Crippen LogP contribution < -0.4 is 15.5 Å². The Morgan fingerprint density at radius 1 is 1.57 bits per heavy atom. The van der Waals surface area contributed by atoms with Gasteiger partial charge in [0.15, 0.2) is 0 Å². The van der Waals surface area contributed by atoms with Crippen LogP contribution in [0.4, 0.5) is 17.5 Å². The summed E-state index contributed by atoms with van der Waals surface area (Å²) in [4.78, 5) is 42.8. The summed E-state index contributed by atoms with van der Waals surface area (Å²) >= 11 is 0. The van der Waals surface area contributed by atoms with Gasteiger partial charge in [-0.05, 0) is 13.8 Å². The fraction of sp³-hybridized carbons (Fsp3) is 0.455. The average Bonchev–Trinajstić information content (AvgIpc) is 2.43. The van der Waals surface area contributed by atoms with Gasteiger partial charge in [0, 0.05) is 6.54 Å². The Kier molecular flexibility index (Phi) is 3.96. The lowest BCUT2D eigenvalue weighted by atomic mass is 10.2. The van der Waals surface area contributed by atoms with Gasteiger partial charge in [-0.2, -0.15) is 4.98 Å². The molecule has 1 aliphatic rings. The number of nitrogens with zero attached hydrogens (tertiary/aromatic N) is 4. The third kappa shape index (κ3) is 2.88. The summed E-state index contributed by atoms with van der Waals surface area (Å²) in [7, 11) is 0. The zero-order chi connectivity index (χ0) is 15.6. The normalized spacial score (nSPS) is 18.4. The van der Waals surface area contributed by atoms with Crippen LogP contribution in [0.2, 0.25) is 0 Å². The van der Waals surface area contributed by atoms with Crippen LogP contribution in [-0.2, 0) is 9.59 Å². The molecule has 2 amide bonds. The monoisotopic (exact) mass is 294 g/mol. The highest BCUT2D eigenvalue weighted by molar-refractivity contribution is 6.04. The van der Waals surface area contributed by atoms with Gasteiger partial charge in [-0.15, -0.1) is 0 Å². The molecule has 1 saturated heterocycles. The number of nitro groups is 1. The highest BCUT2D eigenvalue weighted by Crippen LogP contribution is 2.28. The van der Waals surface area contributed by atoms with Crippen molar-refractivity contribution < 1.29 is 14.5 Å². The SMILES string of the molecule is CCNc1ncc([N+](=O)[O-])c(N2CC(=O)NC(=O)C2C)n1. The zero-order valence-electron chi connectivity index (χ0n) is 11.5. The molecule has 112 valence electrons. The van der Waals surface area contributed by atoms with Crippen LogP contribution in [0.1, 0.15) is 13.8 Å². The highest BCUT2D eigenvalue weighted by atomic mass is 16.6. The summed E-state index contributed by atoms with van der Waals surface area (Å²) in [5.41, 5.74) is -0.356. The lowest BCUT2D eigenvalue weighted by Gasteiger charge is -2.32. The van der Waals surface area contributed by atoms with Gasteiger partial charge in [-0.3, -0.25) is 25.0 Å². The minimum absolute atomic E-state index is 0.0540. The van der Waals surface area contributed by atoms with E-state index in [1.54, 1.807) is 6.92 Å². The van der Waals surface area contributed by atoms with Crippen LogP contribution in [0.5, 0.6) is 0 Å². The number of piperazine rings is 1. The molecule has 1 unspecified atom stereocenters. The molecule has 0 saturated carbocycles. The van der Waals surface area contributed by atoms with Gasteiger partial charge in [-0.1, -0.05) is 0 Å². The Bertz CT molecular complexity index is 604. The van der Waals surface area contributed by atoms with Gasteiger partial charge >= 0.3 is 5.69 Å². The van der Waals surface area contributed by atoms with Crippen molar-refractivity contribution in [3.8, 4) is 0 Å². The van der Waals surface area contributed by atoms with E-state index in [0.29, 0.717) is 6.54 Å². The molecule has 21 heavy (non-hydrogen) atoms. The molecule has 1 aliphatic heterocycles. The fourth-order valence-corrected chi connectivity index (χ4v) is 1.92. The molecule has 1 aromatic rings. The number of imide groups is 1. The van der Waals surface area contributed by atoms with E-state index in [9.17, 15) is 19.7 Å². The largest absolute Gasteiger partial charge is 0.354 e. The third-order valence-electron chi connectivity index (χ3n) is 2.98. The van der Waals surface area contributed by atoms with Gasteiger partial charge in [0.1, 0.15) is 12.2 Å². The van der Waals surface area contributed by atoms with E-state index in [4.69, 9.17) is 0 Å². The molecule has 1 atom stereocenters. The summed E-state index contributed by atoms with van der Waals surface area (Å²) in [5, 5.41) is 16.1. The predicted molar refractivity (Wildman–Crippen MR) is 72.8 cm³/mol. The van der Waals surface area contributed by atoms with Gasteiger partial charge in [0.2, 0.25) is 23.6 Å². The second-order valence-electron chi connectivity index (χ2n) is 4.41. The lowest BCUT2D eigenvalue weighted by Crippen LogP contribution is -2.57. The van der Waals surface area contributed by atoms with Gasteiger partial charge in [0.05, 0.1) is 11.5 Å². The number of nitrogens with one attached hydrogen (secondary N) is 2. The average molecular weight is 294 g/mol. The Balaban J connectivity index is 2.48. The Morgan fingerprint density at radius 3 is 2.90 bits per heavy atom. The first-order chi connectivity index (χ1) is 9.93. The van der Waals surface area contributed by atoms with E-state index in [-0.39, 0.29) is 24.0 Å². The summed E-state index contributed by atoms with van der Waals surface area (Å²) < 4.78 is 0. The maximum Gasteiger partial charge on any atom is 0.329 e. The van der Waals surface area contributed by atoms with Crippen molar-refractivity contribution in [1.82, 2.24) is 15.3 Å². The van der Waals surface area contributed by atoms with Crippen LogP contribution in [0.3, 0.4) is 0 Å². The molecule has 0 spiro atoms. The van der Waals surface area contributed by atoms with Crippen molar-refractivity contribution in [2.45, 2.75) is 19.9 Å². The van der Waals surface area contributed by atoms with Crippen molar-refractivity contribution in [3.63, 3.8) is 0 Å². The maximum atomic E-state index is 11.7. The molecule has 2 N–H and O–H groups in total. The van der Waals surface area contributed by atoms with Crippen molar-refractivity contribution in [2.24, 2.45) is 0 Å². The number of rotatable bonds is 4. The number of aromatic nitrogens is 2. The molecular formula is C11H14N6O4. The number of carbonyl (C=O) groups is 2. The molecule has 1 aromatic heterocycles. The standard InChI is InChI=1S/C11H14N6O4/c1-3-12-11-13-4-7(17(20)21)9(15-11)16-5-8(18)14-10(19)6(16)2/h4,6H,3,5H2,1-2H3,(H,12,13,15)(H,14,18,19). The van der Waals surface area contributed by atoms with Crippen LogP contribution in [0.25, 0.3) is 0 Å². The number of hydrogen-bond donors (Lipinski definition) is 2. The molecule has 0 aromatic carbocycles. The Hall–Kier alpha value is -2.78. The van der Waals surface area contributed by atoms with Gasteiger partial charge < -0.3 is 10.2 Å². The summed E-state index contributed by atoms with van der Waals surface area (Å²) in [6.45, 7) is 3.72. The molecule has 1 fully saturated rings.